The second kappa shape index (κ2) is 7.85. The van der Waals surface area contributed by atoms with Crippen molar-refractivity contribution in [2.24, 2.45) is 7.05 Å². The van der Waals surface area contributed by atoms with Crippen LogP contribution in [0.2, 0.25) is 0 Å². The number of nitriles is 1. The molecule has 7 nitrogen and oxygen atoms in total. The molecule has 0 aliphatic carbocycles. The van der Waals surface area contributed by atoms with E-state index >= 15 is 0 Å². The molecule has 0 aliphatic heterocycles. The molecule has 0 fully saturated rings. The van der Waals surface area contributed by atoms with Crippen molar-refractivity contribution in [2.45, 2.75) is 0 Å². The number of carbonyl (C=O) groups excluding carboxylic acids is 1. The average molecular weight is 418 g/mol. The normalized spacial score (nSPS) is 10.8. The lowest BCUT2D eigenvalue weighted by Crippen LogP contribution is -2.11. The highest BCUT2D eigenvalue weighted by Crippen LogP contribution is 2.29. The Bertz CT molecular complexity index is 1470. The van der Waals surface area contributed by atoms with E-state index in [2.05, 4.69) is 27.7 Å². The van der Waals surface area contributed by atoms with Crippen LogP contribution in [0.5, 0.6) is 0 Å². The first kappa shape index (κ1) is 19.3. The number of aromatic nitrogens is 4. The summed E-state index contributed by atoms with van der Waals surface area (Å²) >= 11 is 0. The molecule has 154 valence electrons. The molecule has 3 aromatic heterocycles. The van der Waals surface area contributed by atoms with E-state index in [9.17, 15) is 4.79 Å². The fourth-order valence-electron chi connectivity index (χ4n) is 3.60. The van der Waals surface area contributed by atoms with Gasteiger partial charge < -0.3 is 9.72 Å². The van der Waals surface area contributed by atoms with Crippen molar-refractivity contribution in [3.63, 3.8) is 0 Å². The van der Waals surface area contributed by atoms with Crippen LogP contribution in [0.4, 0.5) is 5.69 Å². The number of benzene rings is 2. The zero-order valence-corrected chi connectivity index (χ0v) is 17.2. The van der Waals surface area contributed by atoms with Gasteiger partial charge in [-0.15, -0.1) is 0 Å². The van der Waals surface area contributed by atoms with E-state index in [-0.39, 0.29) is 5.91 Å². The number of aryl methyl sites for hydroxylation is 1. The lowest BCUT2D eigenvalue weighted by atomic mass is 10.1. The molecule has 0 unspecified atom stereocenters. The summed E-state index contributed by atoms with van der Waals surface area (Å²) in [5, 5.41) is 16.0. The molecule has 1 amide bonds. The Morgan fingerprint density at radius 2 is 1.78 bits per heavy atom. The Morgan fingerprint density at radius 1 is 1.00 bits per heavy atom. The van der Waals surface area contributed by atoms with Gasteiger partial charge in [0.05, 0.1) is 29.0 Å². The van der Waals surface area contributed by atoms with E-state index in [1.54, 1.807) is 35.1 Å². The fraction of sp³-hybridized carbons (Fsp3) is 0.0400. The summed E-state index contributed by atoms with van der Waals surface area (Å²) in [5.41, 5.74) is 6.60. The van der Waals surface area contributed by atoms with Crippen LogP contribution in [-0.4, -0.2) is 25.1 Å². The average Bonchev–Trinajstić information content (AvgIpc) is 3.45. The molecule has 5 rings (SSSR count). The van der Waals surface area contributed by atoms with Gasteiger partial charge in [0.1, 0.15) is 0 Å². The molecule has 7 heteroatoms. The minimum atomic E-state index is -0.227. The molecule has 2 aromatic carbocycles. The summed E-state index contributed by atoms with van der Waals surface area (Å²) in [5.74, 6) is -0.227. The van der Waals surface area contributed by atoms with Crippen molar-refractivity contribution in [3.8, 4) is 28.5 Å². The van der Waals surface area contributed by atoms with E-state index < -0.39 is 0 Å². The number of fused-ring (bicyclic) bond motifs is 1. The molecule has 0 radical (unpaired) electrons. The standard InChI is InChI=1S/C25H18N6O/c1-30-15-21(14-28-30)20-12-23-24(27-10-11-31(23)16-20)18-6-8-22(9-7-18)29-25(32)19-4-2-17(13-26)3-5-19/h2-12,14-16H,1H3,(H,29,32). The number of rotatable bonds is 4. The summed E-state index contributed by atoms with van der Waals surface area (Å²) in [6, 6.07) is 18.3. The molecule has 0 spiro atoms. The van der Waals surface area contributed by atoms with E-state index in [4.69, 9.17) is 5.26 Å². The fourth-order valence-corrected chi connectivity index (χ4v) is 3.60. The second-order valence-electron chi connectivity index (χ2n) is 7.42. The van der Waals surface area contributed by atoms with Gasteiger partial charge in [0.15, 0.2) is 0 Å². The van der Waals surface area contributed by atoms with Crippen molar-refractivity contribution in [3.05, 3.63) is 96.7 Å². The lowest BCUT2D eigenvalue weighted by molar-refractivity contribution is 0.102. The molecular formula is C25H18N6O. The Labute approximate surface area is 184 Å². The van der Waals surface area contributed by atoms with Crippen molar-refractivity contribution in [2.75, 3.05) is 5.32 Å². The molecule has 0 aliphatic rings. The van der Waals surface area contributed by atoms with E-state index in [0.717, 1.165) is 27.9 Å². The second-order valence-corrected chi connectivity index (χ2v) is 7.42. The number of carbonyl (C=O) groups is 1. The van der Waals surface area contributed by atoms with Crippen LogP contribution in [0.1, 0.15) is 15.9 Å². The Morgan fingerprint density at radius 3 is 2.47 bits per heavy atom. The first-order valence-corrected chi connectivity index (χ1v) is 9.98. The number of anilines is 1. The third kappa shape index (κ3) is 3.61. The molecule has 0 saturated carbocycles. The molecule has 0 atom stereocenters. The van der Waals surface area contributed by atoms with Crippen LogP contribution in [0, 0.1) is 11.3 Å². The van der Waals surface area contributed by atoms with Crippen LogP contribution in [-0.2, 0) is 7.05 Å². The topological polar surface area (TPSA) is 88.0 Å². The molecule has 0 bridgehead atoms. The molecule has 3 heterocycles. The van der Waals surface area contributed by atoms with Crippen LogP contribution < -0.4 is 5.32 Å². The van der Waals surface area contributed by atoms with Gasteiger partial charge in [-0.2, -0.15) is 10.4 Å². The summed E-state index contributed by atoms with van der Waals surface area (Å²) < 4.78 is 3.83. The van der Waals surface area contributed by atoms with Crippen LogP contribution in [0.15, 0.2) is 85.6 Å². The SMILES string of the molecule is Cn1cc(-c2cc3c(-c4ccc(NC(=O)c5ccc(C#N)cc5)cc4)nccn3c2)cn1. The smallest absolute Gasteiger partial charge is 0.255 e. The summed E-state index contributed by atoms with van der Waals surface area (Å²) in [6.07, 6.45) is 9.57. The number of nitrogens with zero attached hydrogens (tertiary/aromatic N) is 5. The largest absolute Gasteiger partial charge is 0.322 e. The van der Waals surface area contributed by atoms with Crippen LogP contribution in [0.25, 0.3) is 27.9 Å². The molecule has 5 aromatic rings. The number of hydrogen-bond acceptors (Lipinski definition) is 4. The third-order valence-corrected chi connectivity index (χ3v) is 5.25. The molecule has 0 saturated heterocycles. The Balaban J connectivity index is 1.40. The number of amides is 1. The quantitative estimate of drug-likeness (QED) is 0.465. The highest BCUT2D eigenvalue weighted by Gasteiger charge is 2.11. The maximum atomic E-state index is 12.5. The lowest BCUT2D eigenvalue weighted by Gasteiger charge is -2.08. The van der Waals surface area contributed by atoms with Gasteiger partial charge in [-0.25, -0.2) is 0 Å². The maximum absolute atomic E-state index is 12.5. The summed E-state index contributed by atoms with van der Waals surface area (Å²) in [7, 11) is 1.90. The first-order chi connectivity index (χ1) is 15.6. The maximum Gasteiger partial charge on any atom is 0.255 e. The minimum Gasteiger partial charge on any atom is -0.322 e. The van der Waals surface area contributed by atoms with E-state index in [0.29, 0.717) is 16.8 Å². The minimum absolute atomic E-state index is 0.227. The van der Waals surface area contributed by atoms with Crippen molar-refractivity contribution in [1.82, 2.24) is 19.2 Å². The van der Waals surface area contributed by atoms with Crippen LogP contribution in [0.3, 0.4) is 0 Å². The Kier molecular flexibility index (Phi) is 4.73. The molecular weight excluding hydrogens is 400 g/mol. The number of nitrogens with one attached hydrogen (secondary N) is 1. The summed E-state index contributed by atoms with van der Waals surface area (Å²) in [6.45, 7) is 0. The van der Waals surface area contributed by atoms with Gasteiger partial charge >= 0.3 is 0 Å². The highest BCUT2D eigenvalue weighted by molar-refractivity contribution is 6.04. The molecule has 32 heavy (non-hydrogen) atoms. The monoisotopic (exact) mass is 418 g/mol. The van der Waals surface area contributed by atoms with Gasteiger partial charge in [-0.1, -0.05) is 12.1 Å². The van der Waals surface area contributed by atoms with E-state index in [1.165, 1.54) is 0 Å². The predicted octanol–water partition coefficient (Wildman–Crippen LogP) is 4.53. The third-order valence-electron chi connectivity index (χ3n) is 5.25. The van der Waals surface area contributed by atoms with Gasteiger partial charge in [0, 0.05) is 59.8 Å². The van der Waals surface area contributed by atoms with Gasteiger partial charge in [0.2, 0.25) is 0 Å². The van der Waals surface area contributed by atoms with Gasteiger partial charge in [-0.05, 0) is 42.5 Å². The van der Waals surface area contributed by atoms with E-state index in [1.807, 2.05) is 60.4 Å². The van der Waals surface area contributed by atoms with Gasteiger partial charge in [0.25, 0.3) is 5.91 Å². The number of hydrogen-bond donors (Lipinski definition) is 1. The zero-order valence-electron chi connectivity index (χ0n) is 17.2. The van der Waals surface area contributed by atoms with Crippen molar-refractivity contribution < 1.29 is 4.79 Å². The van der Waals surface area contributed by atoms with Crippen molar-refractivity contribution >= 4 is 17.1 Å². The molecule has 1 N–H and O–H groups in total. The Hall–Kier alpha value is -4.70. The zero-order chi connectivity index (χ0) is 22.1. The first-order valence-electron chi connectivity index (χ1n) is 9.98. The predicted molar refractivity (Wildman–Crippen MR) is 122 cm³/mol. The highest BCUT2D eigenvalue weighted by atomic mass is 16.1. The van der Waals surface area contributed by atoms with Crippen LogP contribution >= 0.6 is 0 Å². The van der Waals surface area contributed by atoms with Gasteiger partial charge in [-0.3, -0.25) is 14.5 Å². The summed E-state index contributed by atoms with van der Waals surface area (Å²) in [4.78, 5) is 17.1. The van der Waals surface area contributed by atoms with Crippen molar-refractivity contribution in [1.29, 1.82) is 5.26 Å².